The largest absolute Gasteiger partial charge is 0.497 e. The van der Waals surface area contributed by atoms with Crippen LogP contribution in [-0.2, 0) is 17.9 Å². The van der Waals surface area contributed by atoms with E-state index >= 15 is 0 Å². The molecule has 0 amide bonds. The lowest BCUT2D eigenvalue weighted by Gasteiger charge is -2.30. The summed E-state index contributed by atoms with van der Waals surface area (Å²) in [6.07, 6.45) is 0. The molecule has 0 fully saturated rings. The van der Waals surface area contributed by atoms with Crippen LogP contribution in [0.25, 0.3) is 0 Å². The SMILES string of the molecule is COc1ccc(CN(Cc2ccccc2)C2=NC(=NCC(C)=O)S2)c(OC)c1. The zero-order valence-electron chi connectivity index (χ0n) is 16.2. The van der Waals surface area contributed by atoms with Crippen molar-refractivity contribution in [3.8, 4) is 11.5 Å². The molecule has 1 aliphatic heterocycles. The second kappa shape index (κ2) is 9.41. The van der Waals surface area contributed by atoms with Crippen LogP contribution < -0.4 is 9.47 Å². The van der Waals surface area contributed by atoms with E-state index in [9.17, 15) is 4.79 Å². The molecule has 0 N–H and O–H groups in total. The smallest absolute Gasteiger partial charge is 0.193 e. The molecule has 0 atom stereocenters. The number of hydrogen-bond acceptors (Lipinski definition) is 6. The first-order valence-corrected chi connectivity index (χ1v) is 9.71. The number of carbonyl (C=O) groups is 1. The van der Waals surface area contributed by atoms with E-state index in [2.05, 4.69) is 27.0 Å². The fraction of sp³-hybridized carbons (Fsp3) is 0.286. The molecule has 0 aliphatic carbocycles. The highest BCUT2D eigenvalue weighted by atomic mass is 32.2. The Morgan fingerprint density at radius 2 is 1.86 bits per heavy atom. The van der Waals surface area contributed by atoms with Gasteiger partial charge in [-0.3, -0.25) is 9.79 Å². The molecular weight excluding hydrogens is 374 g/mol. The summed E-state index contributed by atoms with van der Waals surface area (Å²) in [6, 6.07) is 16.0. The molecule has 1 aliphatic rings. The van der Waals surface area contributed by atoms with E-state index in [1.165, 1.54) is 24.2 Å². The highest BCUT2D eigenvalue weighted by Crippen LogP contribution is 2.30. The van der Waals surface area contributed by atoms with Crippen LogP contribution in [0.5, 0.6) is 11.5 Å². The number of aliphatic imine (C=N–C) groups is 2. The van der Waals surface area contributed by atoms with Crippen LogP contribution in [0.15, 0.2) is 58.5 Å². The van der Waals surface area contributed by atoms with Gasteiger partial charge < -0.3 is 14.4 Å². The lowest BCUT2D eigenvalue weighted by atomic mass is 10.1. The maximum absolute atomic E-state index is 11.1. The van der Waals surface area contributed by atoms with Crippen LogP contribution in [0.2, 0.25) is 0 Å². The molecule has 1 heterocycles. The zero-order chi connectivity index (χ0) is 19.9. The highest BCUT2D eigenvalue weighted by Gasteiger charge is 2.25. The van der Waals surface area contributed by atoms with E-state index in [4.69, 9.17) is 9.47 Å². The maximum Gasteiger partial charge on any atom is 0.193 e. The van der Waals surface area contributed by atoms with Crippen LogP contribution in [0, 0.1) is 0 Å². The molecular formula is C21H23N3O3S. The van der Waals surface area contributed by atoms with E-state index in [0.29, 0.717) is 18.3 Å². The van der Waals surface area contributed by atoms with Gasteiger partial charge in [0.2, 0.25) is 0 Å². The summed E-state index contributed by atoms with van der Waals surface area (Å²) in [5.74, 6) is 1.55. The predicted octanol–water partition coefficient (Wildman–Crippen LogP) is 3.75. The van der Waals surface area contributed by atoms with Crippen molar-refractivity contribution in [2.75, 3.05) is 20.8 Å². The Bertz CT molecular complexity index is 897. The Morgan fingerprint density at radius 1 is 1.11 bits per heavy atom. The fourth-order valence-electron chi connectivity index (χ4n) is 2.73. The first-order valence-electron chi connectivity index (χ1n) is 8.89. The summed E-state index contributed by atoms with van der Waals surface area (Å²) in [5.41, 5.74) is 2.23. The number of nitrogens with zero attached hydrogens (tertiary/aromatic N) is 3. The van der Waals surface area contributed by atoms with E-state index < -0.39 is 0 Å². The molecule has 0 radical (unpaired) electrons. The lowest BCUT2D eigenvalue weighted by Crippen LogP contribution is -2.33. The summed E-state index contributed by atoms with van der Waals surface area (Å²) in [5, 5.41) is 1.52. The van der Waals surface area contributed by atoms with Gasteiger partial charge in [0.25, 0.3) is 0 Å². The van der Waals surface area contributed by atoms with Gasteiger partial charge in [-0.05, 0) is 36.4 Å². The first kappa shape index (κ1) is 19.9. The minimum atomic E-state index is 0.0286. The fourth-order valence-corrected chi connectivity index (χ4v) is 3.42. The number of methoxy groups -OCH3 is 2. The monoisotopic (exact) mass is 397 g/mol. The lowest BCUT2D eigenvalue weighted by molar-refractivity contribution is -0.115. The molecule has 0 saturated carbocycles. The number of ketones is 1. The van der Waals surface area contributed by atoms with Crippen molar-refractivity contribution in [2.24, 2.45) is 9.98 Å². The minimum absolute atomic E-state index is 0.0286. The first-order chi connectivity index (χ1) is 13.6. The Labute approximate surface area is 169 Å². The Morgan fingerprint density at radius 3 is 2.50 bits per heavy atom. The van der Waals surface area contributed by atoms with Gasteiger partial charge in [-0.2, -0.15) is 4.99 Å². The average molecular weight is 398 g/mol. The maximum atomic E-state index is 11.1. The van der Waals surface area contributed by atoms with Crippen molar-refractivity contribution in [3.63, 3.8) is 0 Å². The van der Waals surface area contributed by atoms with Crippen molar-refractivity contribution in [1.29, 1.82) is 0 Å². The summed E-state index contributed by atoms with van der Waals surface area (Å²) in [6.45, 7) is 3.04. The van der Waals surface area contributed by atoms with Crippen molar-refractivity contribution in [2.45, 2.75) is 20.0 Å². The van der Waals surface area contributed by atoms with Crippen molar-refractivity contribution >= 4 is 27.9 Å². The Hall–Kier alpha value is -2.80. The highest BCUT2D eigenvalue weighted by molar-refractivity contribution is 8.28. The predicted molar refractivity (Wildman–Crippen MR) is 113 cm³/mol. The number of carbonyl (C=O) groups excluding carboxylic acids is 1. The molecule has 7 heteroatoms. The molecule has 6 nitrogen and oxygen atoms in total. The number of hydrogen-bond donors (Lipinski definition) is 0. The summed E-state index contributed by atoms with van der Waals surface area (Å²) >= 11 is 1.49. The zero-order valence-corrected chi connectivity index (χ0v) is 17.0. The van der Waals surface area contributed by atoms with Gasteiger partial charge in [0, 0.05) is 24.7 Å². The van der Waals surface area contributed by atoms with Gasteiger partial charge in [-0.1, -0.05) is 30.3 Å². The number of rotatable bonds is 8. The summed E-state index contributed by atoms with van der Waals surface area (Å²) in [7, 11) is 3.29. The van der Waals surface area contributed by atoms with Crippen LogP contribution in [0.3, 0.4) is 0 Å². The van der Waals surface area contributed by atoms with Gasteiger partial charge in [0.05, 0.1) is 14.2 Å². The van der Waals surface area contributed by atoms with Crippen LogP contribution in [0.1, 0.15) is 18.1 Å². The second-order valence-corrected chi connectivity index (χ2v) is 7.25. The number of benzene rings is 2. The van der Waals surface area contributed by atoms with Crippen molar-refractivity contribution in [3.05, 3.63) is 59.7 Å². The van der Waals surface area contributed by atoms with Crippen LogP contribution in [0.4, 0.5) is 0 Å². The van der Waals surface area contributed by atoms with Crippen molar-refractivity contribution in [1.82, 2.24) is 4.90 Å². The van der Waals surface area contributed by atoms with Crippen molar-refractivity contribution < 1.29 is 14.3 Å². The summed E-state index contributed by atoms with van der Waals surface area (Å²) in [4.78, 5) is 22.0. The van der Waals surface area contributed by atoms with E-state index in [0.717, 1.165) is 22.2 Å². The second-order valence-electron chi connectivity index (χ2n) is 6.32. The topological polar surface area (TPSA) is 63.5 Å². The van der Waals surface area contributed by atoms with E-state index in [1.54, 1.807) is 14.2 Å². The average Bonchev–Trinajstić information content (AvgIpc) is 2.67. The molecule has 0 saturated heterocycles. The number of amidine groups is 2. The molecule has 2 aromatic rings. The Balaban J connectivity index is 1.82. The molecule has 146 valence electrons. The number of ether oxygens (including phenoxy) is 2. The van der Waals surface area contributed by atoms with E-state index in [-0.39, 0.29) is 12.3 Å². The third-order valence-corrected chi connectivity index (χ3v) is 5.09. The normalized spacial score (nSPS) is 14.2. The molecule has 0 aromatic heterocycles. The molecule has 2 aromatic carbocycles. The standard InChI is InChI=1S/C21H23N3O3S/c1-15(25)12-22-20-23-21(28-20)24(13-16-7-5-4-6-8-16)14-17-9-10-18(26-2)11-19(17)27-3/h4-11H,12-14H2,1-3H3. The molecule has 0 spiro atoms. The third kappa shape index (κ3) is 5.13. The van der Waals surface area contributed by atoms with Crippen LogP contribution in [-0.4, -0.2) is 41.8 Å². The number of Topliss-reactive ketones (excluding diaryl/α,β-unsaturated/α-hetero) is 1. The molecule has 0 bridgehead atoms. The van der Waals surface area contributed by atoms with Gasteiger partial charge in [-0.25, -0.2) is 0 Å². The van der Waals surface area contributed by atoms with Gasteiger partial charge in [0.1, 0.15) is 18.0 Å². The van der Waals surface area contributed by atoms with Gasteiger partial charge in [0.15, 0.2) is 16.1 Å². The Kier molecular flexibility index (Phi) is 6.71. The van der Waals surface area contributed by atoms with Crippen LogP contribution >= 0.6 is 11.8 Å². The number of thioether (sulfide) groups is 1. The van der Waals surface area contributed by atoms with Gasteiger partial charge in [-0.15, -0.1) is 0 Å². The molecule has 28 heavy (non-hydrogen) atoms. The third-order valence-electron chi connectivity index (χ3n) is 4.15. The quantitative estimate of drug-likeness (QED) is 0.679. The molecule has 0 unspecified atom stereocenters. The van der Waals surface area contributed by atoms with Gasteiger partial charge >= 0.3 is 0 Å². The molecule has 3 rings (SSSR count). The van der Waals surface area contributed by atoms with E-state index in [1.807, 2.05) is 36.4 Å². The minimum Gasteiger partial charge on any atom is -0.497 e. The summed E-state index contributed by atoms with van der Waals surface area (Å²) < 4.78 is 10.8.